The summed E-state index contributed by atoms with van der Waals surface area (Å²) in [7, 11) is -4.21. The molecule has 0 radical (unpaired) electrons. The van der Waals surface area contributed by atoms with Crippen LogP contribution in [0, 0.1) is 12.0 Å². The maximum Gasteiger partial charge on any atom is 0.434 e. The van der Waals surface area contributed by atoms with Crippen LogP contribution in [-0.4, -0.2) is 24.5 Å². The number of aromatic nitrogens is 2. The molecule has 30 heavy (non-hydrogen) atoms. The standard InChI is InChI=1S/C20H16F3N3O2S2/c1-3-12-26-19(20(21,22)23)17(13-8-10-14(29-2)11-9-13)18(25-26)15-6-4-5-7-16(15)30(24,27)28/h4-11H,1-2H3,(H2,24,27,28). The fourth-order valence-electron chi connectivity index (χ4n) is 3.00. The van der Waals surface area contributed by atoms with E-state index in [1.807, 2.05) is 6.26 Å². The van der Waals surface area contributed by atoms with Crippen LogP contribution in [0.3, 0.4) is 0 Å². The quantitative estimate of drug-likeness (QED) is 0.470. The van der Waals surface area contributed by atoms with E-state index < -0.39 is 21.9 Å². The van der Waals surface area contributed by atoms with Gasteiger partial charge < -0.3 is 0 Å². The van der Waals surface area contributed by atoms with Crippen molar-refractivity contribution in [3.8, 4) is 34.3 Å². The number of nitrogens with two attached hydrogens (primary N) is 1. The van der Waals surface area contributed by atoms with Gasteiger partial charge in [0.25, 0.3) is 0 Å². The minimum absolute atomic E-state index is 0.0360. The van der Waals surface area contributed by atoms with Crippen LogP contribution in [0.4, 0.5) is 13.2 Å². The molecule has 0 aliphatic rings. The van der Waals surface area contributed by atoms with Crippen molar-refractivity contribution >= 4 is 21.8 Å². The van der Waals surface area contributed by atoms with E-state index in [4.69, 9.17) is 5.14 Å². The van der Waals surface area contributed by atoms with Gasteiger partial charge >= 0.3 is 6.18 Å². The van der Waals surface area contributed by atoms with Gasteiger partial charge in [-0.1, -0.05) is 36.3 Å². The van der Waals surface area contributed by atoms with Gasteiger partial charge in [-0.15, -0.1) is 11.8 Å². The Labute approximate surface area is 176 Å². The average Bonchev–Trinajstić information content (AvgIpc) is 3.07. The van der Waals surface area contributed by atoms with Gasteiger partial charge in [-0.2, -0.15) is 23.0 Å². The number of primary sulfonamides is 1. The van der Waals surface area contributed by atoms with Crippen molar-refractivity contribution < 1.29 is 21.6 Å². The molecule has 5 nitrogen and oxygen atoms in total. The fraction of sp³-hybridized carbons (Fsp3) is 0.150. The van der Waals surface area contributed by atoms with Gasteiger partial charge in [0, 0.05) is 22.1 Å². The van der Waals surface area contributed by atoms with Crippen molar-refractivity contribution in [3.05, 3.63) is 54.2 Å². The second kappa shape index (κ2) is 8.18. The minimum atomic E-state index is -4.79. The van der Waals surface area contributed by atoms with Gasteiger partial charge in [0.1, 0.15) is 5.69 Å². The first-order valence-electron chi connectivity index (χ1n) is 8.47. The van der Waals surface area contributed by atoms with Crippen molar-refractivity contribution in [1.82, 2.24) is 9.78 Å². The molecule has 10 heteroatoms. The molecule has 156 valence electrons. The minimum Gasteiger partial charge on any atom is -0.225 e. The molecule has 3 rings (SSSR count). The highest BCUT2D eigenvalue weighted by molar-refractivity contribution is 7.98. The van der Waals surface area contributed by atoms with Crippen LogP contribution >= 0.6 is 11.8 Å². The molecule has 0 spiro atoms. The van der Waals surface area contributed by atoms with Gasteiger partial charge in [-0.3, -0.25) is 0 Å². The molecule has 0 atom stereocenters. The van der Waals surface area contributed by atoms with Crippen molar-refractivity contribution in [2.45, 2.75) is 22.9 Å². The second-order valence-electron chi connectivity index (χ2n) is 6.11. The molecule has 0 unspecified atom stereocenters. The zero-order valence-corrected chi connectivity index (χ0v) is 17.5. The van der Waals surface area contributed by atoms with Crippen molar-refractivity contribution in [2.24, 2.45) is 5.14 Å². The molecule has 0 bridgehead atoms. The van der Waals surface area contributed by atoms with Gasteiger partial charge in [0.15, 0.2) is 5.69 Å². The third-order valence-corrected chi connectivity index (χ3v) is 5.91. The molecule has 0 saturated heterocycles. The Hall–Kier alpha value is -2.74. The lowest BCUT2D eigenvalue weighted by Gasteiger charge is -2.12. The third-order valence-electron chi connectivity index (χ3n) is 4.20. The van der Waals surface area contributed by atoms with Crippen LogP contribution < -0.4 is 5.14 Å². The first-order chi connectivity index (χ1) is 14.1. The Kier molecular flexibility index (Phi) is 5.99. The predicted octanol–water partition coefficient (Wildman–Crippen LogP) is 4.43. The van der Waals surface area contributed by atoms with Gasteiger partial charge in [0.2, 0.25) is 10.0 Å². The van der Waals surface area contributed by atoms with Crippen LogP contribution in [0.25, 0.3) is 22.4 Å². The van der Waals surface area contributed by atoms with Crippen molar-refractivity contribution in [3.63, 3.8) is 0 Å². The lowest BCUT2D eigenvalue weighted by Crippen LogP contribution is -2.13. The Morgan fingerprint density at radius 2 is 1.73 bits per heavy atom. The molecule has 0 aliphatic heterocycles. The molecule has 2 aromatic carbocycles. The number of hydrogen-bond acceptors (Lipinski definition) is 4. The second-order valence-corrected chi connectivity index (χ2v) is 8.52. The van der Waals surface area contributed by atoms with Crippen LogP contribution in [0.15, 0.2) is 58.3 Å². The first-order valence-corrected chi connectivity index (χ1v) is 11.2. The zero-order chi connectivity index (χ0) is 22.1. The molecule has 1 heterocycles. The molecular weight excluding hydrogens is 435 g/mol. The summed E-state index contributed by atoms with van der Waals surface area (Å²) < 4.78 is 66.8. The normalized spacial score (nSPS) is 11.8. The molecular formula is C20H16F3N3O2S2. The molecule has 0 fully saturated rings. The molecule has 1 aromatic heterocycles. The van der Waals surface area contributed by atoms with Crippen LogP contribution in [0.5, 0.6) is 0 Å². The highest BCUT2D eigenvalue weighted by Gasteiger charge is 2.41. The summed E-state index contributed by atoms with van der Waals surface area (Å²) in [6.07, 6.45) is -2.95. The van der Waals surface area contributed by atoms with E-state index in [0.717, 1.165) is 4.90 Å². The summed E-state index contributed by atoms with van der Waals surface area (Å²) in [4.78, 5) is 0.536. The number of sulfonamides is 1. The van der Waals surface area contributed by atoms with E-state index in [2.05, 4.69) is 17.1 Å². The van der Waals surface area contributed by atoms with Gasteiger partial charge in [-0.25, -0.2) is 13.6 Å². The molecule has 0 aliphatic carbocycles. The predicted molar refractivity (Wildman–Crippen MR) is 110 cm³/mol. The summed E-state index contributed by atoms with van der Waals surface area (Å²) in [6, 6.07) is 14.3. The lowest BCUT2D eigenvalue weighted by atomic mass is 9.98. The lowest BCUT2D eigenvalue weighted by molar-refractivity contribution is -0.142. The number of rotatable bonds is 4. The van der Waals surface area contributed by atoms with Crippen LogP contribution in [-0.2, 0) is 16.2 Å². The Bertz CT molecular complexity index is 1250. The summed E-state index contributed by atoms with van der Waals surface area (Å²) in [5.41, 5.74) is -1.34. The topological polar surface area (TPSA) is 78.0 Å². The number of benzene rings is 2. The summed E-state index contributed by atoms with van der Waals surface area (Å²) in [5, 5.41) is 9.32. The molecule has 0 amide bonds. The van der Waals surface area contributed by atoms with Crippen LogP contribution in [0.2, 0.25) is 0 Å². The summed E-state index contributed by atoms with van der Waals surface area (Å²) in [6.45, 7) is 1.38. The number of thioether (sulfide) groups is 1. The highest BCUT2D eigenvalue weighted by atomic mass is 32.2. The number of halogens is 3. The zero-order valence-electron chi connectivity index (χ0n) is 15.9. The smallest absolute Gasteiger partial charge is 0.225 e. The Morgan fingerprint density at radius 3 is 2.27 bits per heavy atom. The van der Waals surface area contributed by atoms with Crippen molar-refractivity contribution in [2.75, 3.05) is 6.26 Å². The largest absolute Gasteiger partial charge is 0.434 e. The van der Waals surface area contributed by atoms with Crippen LogP contribution in [0.1, 0.15) is 12.6 Å². The number of alkyl halides is 3. The fourth-order valence-corrected chi connectivity index (χ4v) is 4.14. The SMILES string of the molecule is CC#Cn1nc(-c2ccccc2S(N)(=O)=O)c(-c2ccc(SC)cc2)c1C(F)(F)F. The maximum atomic E-state index is 14.1. The third kappa shape index (κ3) is 4.23. The van der Waals surface area contributed by atoms with E-state index in [-0.39, 0.29) is 27.3 Å². The molecule has 2 N–H and O–H groups in total. The monoisotopic (exact) mass is 451 g/mol. The van der Waals surface area contributed by atoms with E-state index in [9.17, 15) is 21.6 Å². The van der Waals surface area contributed by atoms with E-state index >= 15 is 0 Å². The molecule has 0 saturated carbocycles. The summed E-state index contributed by atoms with van der Waals surface area (Å²) >= 11 is 1.44. The molecule has 3 aromatic rings. The van der Waals surface area contributed by atoms with Gasteiger partial charge in [-0.05, 0) is 36.9 Å². The van der Waals surface area contributed by atoms with Crippen molar-refractivity contribution in [1.29, 1.82) is 0 Å². The van der Waals surface area contributed by atoms with Gasteiger partial charge in [0.05, 0.1) is 4.90 Å². The van der Waals surface area contributed by atoms with E-state index in [1.165, 1.54) is 55.1 Å². The number of hydrogen-bond donors (Lipinski definition) is 1. The highest BCUT2D eigenvalue weighted by Crippen LogP contribution is 2.43. The average molecular weight is 451 g/mol. The maximum absolute atomic E-state index is 14.1. The Morgan fingerprint density at radius 1 is 1.10 bits per heavy atom. The summed E-state index contributed by atoms with van der Waals surface area (Å²) in [5.74, 6) is 2.41. The van der Waals surface area contributed by atoms with E-state index in [1.54, 1.807) is 12.1 Å². The first kappa shape index (κ1) is 22.0. The number of nitrogens with zero attached hydrogens (tertiary/aromatic N) is 2. The Balaban J connectivity index is 2.46. The van der Waals surface area contributed by atoms with E-state index in [0.29, 0.717) is 4.68 Å².